The molecule has 2 aliphatic heterocycles. The number of nitrogens with zero attached hydrogens (tertiary/aromatic N) is 3. The fourth-order valence-electron chi connectivity index (χ4n) is 5.04. The summed E-state index contributed by atoms with van der Waals surface area (Å²) >= 11 is 0. The Labute approximate surface area is 246 Å². The number of aryl methyl sites for hydroxylation is 1. The predicted molar refractivity (Wildman–Crippen MR) is 155 cm³/mol. The second-order valence-corrected chi connectivity index (χ2v) is 10.1. The van der Waals surface area contributed by atoms with Crippen LogP contribution in [0.15, 0.2) is 47.3 Å². The molecule has 0 saturated heterocycles. The lowest BCUT2D eigenvalue weighted by Crippen LogP contribution is -2.41. The fraction of sp³-hybridized carbons (Fsp3) is 0.333. The third kappa shape index (κ3) is 6.29. The van der Waals surface area contributed by atoms with Gasteiger partial charge in [-0.25, -0.2) is 4.98 Å². The molecule has 0 unspecified atom stereocenters. The molecule has 2 N–H and O–H groups in total. The van der Waals surface area contributed by atoms with Crippen molar-refractivity contribution in [2.75, 3.05) is 17.2 Å². The number of hydrogen-bond donors (Lipinski definition) is 2. The van der Waals surface area contributed by atoms with Crippen molar-refractivity contribution < 1.29 is 22.8 Å². The second kappa shape index (κ2) is 12.3. The number of fused-ring (bicyclic) bond motifs is 2. The highest BCUT2D eigenvalue weighted by atomic mass is 35.5. The number of benzene rings is 2. The van der Waals surface area contributed by atoms with Gasteiger partial charge in [-0.1, -0.05) is 18.1 Å². The van der Waals surface area contributed by atoms with E-state index in [1.807, 2.05) is 0 Å². The summed E-state index contributed by atoms with van der Waals surface area (Å²) in [4.78, 5) is 45.0. The minimum atomic E-state index is -4.43. The number of rotatable bonds is 5. The average Bonchev–Trinajstić information content (AvgIpc) is 2.96. The van der Waals surface area contributed by atoms with E-state index in [0.717, 1.165) is 17.7 Å². The SMILES string of the molecule is CC#CCn1c(N[C@@H](C)c2ccc(C(F)(F)F)cc2)nc2c(c1=O)CN(C(=O)c1ccc3c(c1)CCC(=O)N3)CC2.Cl. The van der Waals surface area contributed by atoms with Gasteiger partial charge in [0.15, 0.2) is 0 Å². The summed E-state index contributed by atoms with van der Waals surface area (Å²) in [5.41, 5.74) is 2.58. The van der Waals surface area contributed by atoms with Gasteiger partial charge in [-0.05, 0) is 61.7 Å². The third-order valence-electron chi connectivity index (χ3n) is 7.35. The minimum absolute atomic E-state index is 0. The molecule has 2 amide bonds. The van der Waals surface area contributed by atoms with Crippen molar-refractivity contribution in [3.05, 3.63) is 86.3 Å². The molecule has 0 spiro atoms. The average molecular weight is 600 g/mol. The summed E-state index contributed by atoms with van der Waals surface area (Å²) in [5, 5.41) is 5.98. The highest BCUT2D eigenvalue weighted by Crippen LogP contribution is 2.31. The highest BCUT2D eigenvalue weighted by Gasteiger charge is 2.31. The Bertz CT molecular complexity index is 1640. The second-order valence-electron chi connectivity index (χ2n) is 10.1. The maximum absolute atomic E-state index is 13.7. The minimum Gasteiger partial charge on any atom is -0.349 e. The molecule has 2 aliphatic rings. The van der Waals surface area contributed by atoms with Crippen LogP contribution in [0.25, 0.3) is 0 Å². The molecule has 42 heavy (non-hydrogen) atoms. The Morgan fingerprint density at radius 3 is 2.55 bits per heavy atom. The van der Waals surface area contributed by atoms with Crippen molar-refractivity contribution >= 4 is 35.9 Å². The Balaban J connectivity index is 0.00000405. The third-order valence-corrected chi connectivity index (χ3v) is 7.35. The van der Waals surface area contributed by atoms with Gasteiger partial charge in [0.2, 0.25) is 11.9 Å². The molecule has 0 fully saturated rings. The van der Waals surface area contributed by atoms with Gasteiger partial charge in [-0.15, -0.1) is 18.3 Å². The Morgan fingerprint density at radius 1 is 1.12 bits per heavy atom. The van der Waals surface area contributed by atoms with Gasteiger partial charge in [-0.3, -0.25) is 19.0 Å². The molecule has 3 heterocycles. The van der Waals surface area contributed by atoms with Gasteiger partial charge < -0.3 is 15.5 Å². The standard InChI is InChI=1S/C30H28F3N5O3.ClH/c1-3-4-14-38-28(41)23-17-37(27(40)21-7-11-24-20(16-21)8-12-26(39)35-24)15-13-25(23)36-29(38)34-18(2)19-5-9-22(10-6-19)30(31,32)33;/h5-7,9-11,16,18H,8,12-15,17H2,1-2H3,(H,34,36)(H,35,39);1H/t18-;/m0./s1. The van der Waals surface area contributed by atoms with E-state index in [-0.39, 0.29) is 48.8 Å². The summed E-state index contributed by atoms with van der Waals surface area (Å²) < 4.78 is 40.3. The molecular weight excluding hydrogens is 571 g/mol. The number of carbonyl (C=O) groups is 2. The predicted octanol–water partition coefficient (Wildman–Crippen LogP) is 4.96. The molecule has 0 bridgehead atoms. The molecule has 8 nitrogen and oxygen atoms in total. The zero-order chi connectivity index (χ0) is 29.3. The van der Waals surface area contributed by atoms with E-state index in [9.17, 15) is 27.6 Å². The van der Waals surface area contributed by atoms with Crippen molar-refractivity contribution in [2.45, 2.75) is 58.4 Å². The van der Waals surface area contributed by atoms with Crippen LogP contribution >= 0.6 is 12.4 Å². The van der Waals surface area contributed by atoms with Crippen molar-refractivity contribution in [1.82, 2.24) is 14.5 Å². The van der Waals surface area contributed by atoms with E-state index >= 15 is 0 Å². The molecule has 0 saturated carbocycles. The Kier molecular flexibility index (Phi) is 8.97. The number of halogens is 4. The largest absolute Gasteiger partial charge is 0.416 e. The van der Waals surface area contributed by atoms with E-state index < -0.39 is 17.8 Å². The first-order valence-corrected chi connectivity index (χ1v) is 13.2. The summed E-state index contributed by atoms with van der Waals surface area (Å²) in [6.45, 7) is 3.93. The summed E-state index contributed by atoms with van der Waals surface area (Å²) in [6, 6.07) is 9.57. The number of carbonyl (C=O) groups excluding carboxylic acids is 2. The van der Waals surface area contributed by atoms with Crippen molar-refractivity contribution in [3.8, 4) is 11.8 Å². The Hall–Kier alpha value is -4.30. The Morgan fingerprint density at radius 2 is 1.86 bits per heavy atom. The van der Waals surface area contributed by atoms with Crippen molar-refractivity contribution in [2.24, 2.45) is 0 Å². The quantitative estimate of drug-likeness (QED) is 0.404. The van der Waals surface area contributed by atoms with Crippen LogP contribution in [0.2, 0.25) is 0 Å². The number of aromatic nitrogens is 2. The van der Waals surface area contributed by atoms with Crippen LogP contribution in [0, 0.1) is 11.8 Å². The maximum Gasteiger partial charge on any atom is 0.416 e. The number of nitrogens with one attached hydrogen (secondary N) is 2. The van der Waals surface area contributed by atoms with Crippen LogP contribution in [0.1, 0.15) is 64.6 Å². The molecule has 0 aliphatic carbocycles. The smallest absolute Gasteiger partial charge is 0.349 e. The van der Waals surface area contributed by atoms with Gasteiger partial charge >= 0.3 is 6.18 Å². The molecule has 5 rings (SSSR count). The van der Waals surface area contributed by atoms with E-state index in [1.54, 1.807) is 36.9 Å². The van der Waals surface area contributed by atoms with Gasteiger partial charge in [0, 0.05) is 30.6 Å². The fourth-order valence-corrected chi connectivity index (χ4v) is 5.04. The zero-order valence-electron chi connectivity index (χ0n) is 23.0. The van der Waals surface area contributed by atoms with Crippen LogP contribution in [0.4, 0.5) is 24.8 Å². The van der Waals surface area contributed by atoms with Crippen LogP contribution in [0.5, 0.6) is 0 Å². The summed E-state index contributed by atoms with van der Waals surface area (Å²) in [5.74, 6) is 5.65. The first kappa shape index (κ1) is 30.7. The van der Waals surface area contributed by atoms with Gasteiger partial charge in [0.05, 0.1) is 36.0 Å². The molecule has 12 heteroatoms. The highest BCUT2D eigenvalue weighted by molar-refractivity contribution is 5.98. The van der Waals surface area contributed by atoms with Crippen LogP contribution in [-0.4, -0.2) is 32.8 Å². The monoisotopic (exact) mass is 599 g/mol. The molecule has 0 radical (unpaired) electrons. The number of alkyl halides is 3. The van der Waals surface area contributed by atoms with E-state index in [1.165, 1.54) is 16.7 Å². The van der Waals surface area contributed by atoms with E-state index in [4.69, 9.17) is 4.98 Å². The van der Waals surface area contributed by atoms with Gasteiger partial charge in [-0.2, -0.15) is 13.2 Å². The van der Waals surface area contributed by atoms with Crippen LogP contribution in [0.3, 0.4) is 0 Å². The zero-order valence-corrected chi connectivity index (χ0v) is 23.8. The van der Waals surface area contributed by atoms with Crippen molar-refractivity contribution in [3.63, 3.8) is 0 Å². The molecule has 1 atom stereocenters. The first-order chi connectivity index (χ1) is 19.5. The number of amides is 2. The molecular formula is C30H29ClF3N5O3. The molecule has 3 aromatic rings. The van der Waals surface area contributed by atoms with E-state index in [0.29, 0.717) is 53.9 Å². The van der Waals surface area contributed by atoms with Crippen molar-refractivity contribution in [1.29, 1.82) is 0 Å². The van der Waals surface area contributed by atoms with Gasteiger partial charge in [0.25, 0.3) is 11.5 Å². The van der Waals surface area contributed by atoms with Gasteiger partial charge in [0.1, 0.15) is 0 Å². The molecule has 2 aromatic carbocycles. The molecule has 220 valence electrons. The number of anilines is 2. The summed E-state index contributed by atoms with van der Waals surface area (Å²) in [7, 11) is 0. The lowest BCUT2D eigenvalue weighted by Gasteiger charge is -2.30. The van der Waals surface area contributed by atoms with Crippen LogP contribution in [-0.2, 0) is 36.9 Å². The summed E-state index contributed by atoms with van der Waals surface area (Å²) in [6.07, 6.45) is -3.15. The number of hydrogen-bond acceptors (Lipinski definition) is 5. The topological polar surface area (TPSA) is 96.3 Å². The van der Waals surface area contributed by atoms with Crippen LogP contribution < -0.4 is 16.2 Å². The lowest BCUT2D eigenvalue weighted by atomic mass is 9.99. The maximum atomic E-state index is 13.7. The molecule has 1 aromatic heterocycles. The first-order valence-electron chi connectivity index (χ1n) is 13.2. The normalized spacial score (nSPS) is 14.8. The van der Waals surface area contributed by atoms with E-state index in [2.05, 4.69) is 22.5 Å². The lowest BCUT2D eigenvalue weighted by molar-refractivity contribution is -0.137.